The average Bonchev–Trinajstić information content (AvgIpc) is 3.30. The normalized spacial score (nSPS) is 14.0. The fraction of sp³-hybridized carbons (Fsp3) is 0.0476. The first kappa shape index (κ1) is 16.7. The van der Waals surface area contributed by atoms with Crippen LogP contribution in [-0.4, -0.2) is 18.9 Å². The first-order valence-corrected chi connectivity index (χ1v) is 8.30. The van der Waals surface area contributed by atoms with Gasteiger partial charge in [-0.15, -0.1) is 0 Å². The van der Waals surface area contributed by atoms with Crippen LogP contribution in [0.5, 0.6) is 5.75 Å². The van der Waals surface area contributed by atoms with Crippen LogP contribution in [0.25, 0.3) is 11.6 Å². The molecule has 1 aliphatic heterocycles. The van der Waals surface area contributed by atoms with Crippen molar-refractivity contribution in [3.63, 3.8) is 0 Å². The molecule has 134 valence electrons. The highest BCUT2D eigenvalue weighted by Gasteiger charge is 2.25. The monoisotopic (exact) mass is 360 g/mol. The Hall–Kier alpha value is -3.80. The van der Waals surface area contributed by atoms with E-state index in [1.54, 1.807) is 74.0 Å². The van der Waals surface area contributed by atoms with Gasteiger partial charge in [0.05, 0.1) is 18.9 Å². The van der Waals surface area contributed by atoms with Crippen molar-refractivity contribution in [3.8, 4) is 5.75 Å². The van der Waals surface area contributed by atoms with E-state index in [1.165, 1.54) is 0 Å². The minimum absolute atomic E-state index is 0.228. The lowest BCUT2D eigenvalue weighted by atomic mass is 10.0. The van der Waals surface area contributed by atoms with Crippen LogP contribution in [0, 0.1) is 0 Å². The molecule has 0 bridgehead atoms. The number of hydrogen-bond donors (Lipinski definition) is 2. The van der Waals surface area contributed by atoms with Crippen LogP contribution in [0.3, 0.4) is 0 Å². The highest BCUT2D eigenvalue weighted by atomic mass is 16.5. The van der Waals surface area contributed by atoms with E-state index in [0.717, 1.165) is 0 Å². The third-order valence-corrected chi connectivity index (χ3v) is 4.24. The lowest BCUT2D eigenvalue weighted by Crippen LogP contribution is -2.12. The molecule has 6 nitrogen and oxygen atoms in total. The molecule has 2 heterocycles. The van der Waals surface area contributed by atoms with Gasteiger partial charge in [-0.25, -0.2) is 0 Å². The summed E-state index contributed by atoms with van der Waals surface area (Å²) in [4.78, 5) is 24.8. The Morgan fingerprint density at radius 1 is 1.15 bits per heavy atom. The number of benzene rings is 2. The predicted octanol–water partition coefficient (Wildman–Crippen LogP) is 4.03. The number of anilines is 2. The van der Waals surface area contributed by atoms with Crippen LogP contribution < -0.4 is 15.4 Å². The number of methoxy groups -OCH3 is 1. The standard InChI is InChI=1S/C21H16N2O4/c1-26-15-7-5-14(6-8-15)22-20(24)13-4-9-19-17(11-13)18(21(25)23-19)12-16-3-2-10-27-16/h2-12H,1H3,(H,22,24)(H,23,25). The summed E-state index contributed by atoms with van der Waals surface area (Å²) in [6, 6.07) is 15.7. The molecule has 2 amide bonds. The predicted molar refractivity (Wildman–Crippen MR) is 103 cm³/mol. The van der Waals surface area contributed by atoms with Crippen molar-refractivity contribution in [2.45, 2.75) is 0 Å². The van der Waals surface area contributed by atoms with Crippen LogP contribution in [-0.2, 0) is 4.79 Å². The van der Waals surface area contributed by atoms with E-state index in [9.17, 15) is 9.59 Å². The Kier molecular flexibility index (Phi) is 4.22. The fourth-order valence-corrected chi connectivity index (χ4v) is 2.87. The van der Waals surface area contributed by atoms with Gasteiger partial charge < -0.3 is 19.8 Å². The van der Waals surface area contributed by atoms with E-state index >= 15 is 0 Å². The van der Waals surface area contributed by atoms with E-state index in [0.29, 0.717) is 39.6 Å². The van der Waals surface area contributed by atoms with Gasteiger partial charge in [0.2, 0.25) is 0 Å². The van der Waals surface area contributed by atoms with Crippen LogP contribution in [0.2, 0.25) is 0 Å². The number of nitrogens with one attached hydrogen (secondary N) is 2. The van der Waals surface area contributed by atoms with Gasteiger partial charge in [0, 0.05) is 22.5 Å². The molecule has 1 aliphatic rings. The maximum absolute atomic E-state index is 12.6. The SMILES string of the molecule is COc1ccc(NC(=O)c2ccc3c(c2)C(=Cc2ccco2)C(=O)N3)cc1. The molecule has 27 heavy (non-hydrogen) atoms. The van der Waals surface area contributed by atoms with Gasteiger partial charge in [0.1, 0.15) is 11.5 Å². The molecular formula is C21H16N2O4. The molecule has 6 heteroatoms. The molecule has 0 saturated heterocycles. The van der Waals surface area contributed by atoms with Crippen molar-refractivity contribution < 1.29 is 18.7 Å². The summed E-state index contributed by atoms with van der Waals surface area (Å²) in [5.74, 6) is 0.790. The van der Waals surface area contributed by atoms with Crippen molar-refractivity contribution in [1.29, 1.82) is 0 Å². The Labute approximate surface area is 155 Å². The number of ether oxygens (including phenoxy) is 1. The average molecular weight is 360 g/mol. The van der Waals surface area contributed by atoms with E-state index in [1.807, 2.05) is 0 Å². The number of hydrogen-bond acceptors (Lipinski definition) is 4. The zero-order chi connectivity index (χ0) is 18.8. The third kappa shape index (κ3) is 3.32. The maximum atomic E-state index is 12.6. The highest BCUT2D eigenvalue weighted by molar-refractivity contribution is 6.35. The molecule has 0 unspecified atom stereocenters. The first-order chi connectivity index (χ1) is 13.1. The Balaban J connectivity index is 1.61. The summed E-state index contributed by atoms with van der Waals surface area (Å²) in [6.45, 7) is 0. The highest BCUT2D eigenvalue weighted by Crippen LogP contribution is 2.34. The van der Waals surface area contributed by atoms with Crippen molar-refractivity contribution in [2.75, 3.05) is 17.7 Å². The maximum Gasteiger partial charge on any atom is 0.256 e. The van der Waals surface area contributed by atoms with Gasteiger partial charge in [-0.2, -0.15) is 0 Å². The molecule has 0 radical (unpaired) electrons. The van der Waals surface area contributed by atoms with Crippen molar-refractivity contribution in [1.82, 2.24) is 0 Å². The molecule has 0 saturated carbocycles. The number of amides is 2. The quantitative estimate of drug-likeness (QED) is 0.688. The zero-order valence-electron chi connectivity index (χ0n) is 14.5. The second-order valence-electron chi connectivity index (χ2n) is 5.97. The second kappa shape index (κ2) is 6.84. The number of rotatable bonds is 4. The van der Waals surface area contributed by atoms with Crippen LogP contribution in [0.1, 0.15) is 21.7 Å². The van der Waals surface area contributed by atoms with E-state index in [4.69, 9.17) is 9.15 Å². The number of fused-ring (bicyclic) bond motifs is 1. The lowest BCUT2D eigenvalue weighted by molar-refractivity contribution is -0.110. The number of carbonyl (C=O) groups is 2. The molecule has 0 aliphatic carbocycles. The topological polar surface area (TPSA) is 80.6 Å². The molecule has 4 rings (SSSR count). The Morgan fingerprint density at radius 3 is 2.67 bits per heavy atom. The van der Waals surface area contributed by atoms with Crippen molar-refractivity contribution in [3.05, 3.63) is 77.7 Å². The fourth-order valence-electron chi connectivity index (χ4n) is 2.87. The summed E-state index contributed by atoms with van der Waals surface area (Å²) in [6.07, 6.45) is 3.20. The molecule has 1 aromatic heterocycles. The molecule has 2 N–H and O–H groups in total. The molecule has 3 aromatic rings. The smallest absolute Gasteiger partial charge is 0.256 e. The zero-order valence-corrected chi connectivity index (χ0v) is 14.5. The molecule has 2 aromatic carbocycles. The number of carbonyl (C=O) groups excluding carboxylic acids is 2. The summed E-state index contributed by atoms with van der Waals surface area (Å²) in [5, 5.41) is 5.63. The van der Waals surface area contributed by atoms with Gasteiger partial charge in [0.15, 0.2) is 0 Å². The van der Waals surface area contributed by atoms with Gasteiger partial charge >= 0.3 is 0 Å². The third-order valence-electron chi connectivity index (χ3n) is 4.24. The lowest BCUT2D eigenvalue weighted by Gasteiger charge is -2.08. The van der Waals surface area contributed by atoms with E-state index in [-0.39, 0.29) is 11.8 Å². The molecular weight excluding hydrogens is 344 g/mol. The van der Waals surface area contributed by atoms with Gasteiger partial charge in [-0.1, -0.05) is 0 Å². The van der Waals surface area contributed by atoms with Gasteiger partial charge in [0.25, 0.3) is 11.8 Å². The summed E-state index contributed by atoms with van der Waals surface area (Å²) in [5.41, 5.74) is 2.89. The van der Waals surface area contributed by atoms with E-state index in [2.05, 4.69) is 10.6 Å². The van der Waals surface area contributed by atoms with E-state index < -0.39 is 0 Å². The Bertz CT molecular complexity index is 1030. The summed E-state index contributed by atoms with van der Waals surface area (Å²) in [7, 11) is 1.58. The van der Waals surface area contributed by atoms with Crippen LogP contribution in [0.15, 0.2) is 65.3 Å². The summed E-state index contributed by atoms with van der Waals surface area (Å²) >= 11 is 0. The first-order valence-electron chi connectivity index (χ1n) is 8.30. The van der Waals surface area contributed by atoms with Crippen molar-refractivity contribution in [2.24, 2.45) is 0 Å². The van der Waals surface area contributed by atoms with Crippen LogP contribution in [0.4, 0.5) is 11.4 Å². The number of furan rings is 1. The summed E-state index contributed by atoms with van der Waals surface area (Å²) < 4.78 is 10.4. The Morgan fingerprint density at radius 2 is 1.96 bits per heavy atom. The molecule has 0 fully saturated rings. The minimum Gasteiger partial charge on any atom is -0.497 e. The largest absolute Gasteiger partial charge is 0.497 e. The second-order valence-corrected chi connectivity index (χ2v) is 5.97. The minimum atomic E-state index is -0.264. The van der Waals surface area contributed by atoms with Gasteiger partial charge in [-0.05, 0) is 60.7 Å². The molecule has 0 spiro atoms. The van der Waals surface area contributed by atoms with Crippen molar-refractivity contribution >= 4 is 34.8 Å². The molecule has 0 atom stereocenters. The van der Waals surface area contributed by atoms with Gasteiger partial charge in [-0.3, -0.25) is 9.59 Å². The van der Waals surface area contributed by atoms with Crippen LogP contribution >= 0.6 is 0 Å².